The molecule has 3 aromatic rings. The minimum Gasteiger partial charge on any atom is -0.343 e. The number of rotatable bonds is 3. The Balaban J connectivity index is 1.43. The predicted molar refractivity (Wildman–Crippen MR) is 120 cm³/mol. The predicted octanol–water partition coefficient (Wildman–Crippen LogP) is 5.44. The molecule has 0 unspecified atom stereocenters. The van der Waals surface area contributed by atoms with E-state index in [9.17, 15) is 13.6 Å². The van der Waals surface area contributed by atoms with Crippen LogP contribution in [0.5, 0.6) is 0 Å². The number of carbonyl (C=O) groups excluding carboxylic acids is 1. The highest BCUT2D eigenvalue weighted by Gasteiger charge is 2.29. The van der Waals surface area contributed by atoms with Gasteiger partial charge in [0.05, 0.1) is 16.3 Å². The molecule has 0 saturated heterocycles. The molecule has 1 amide bonds. The molecule has 0 saturated carbocycles. The summed E-state index contributed by atoms with van der Waals surface area (Å²) in [6, 6.07) is 3.08. The molecule has 0 bridgehead atoms. The van der Waals surface area contributed by atoms with Gasteiger partial charge in [-0.1, -0.05) is 5.57 Å². The van der Waals surface area contributed by atoms with Crippen LogP contribution in [0.2, 0.25) is 0 Å². The summed E-state index contributed by atoms with van der Waals surface area (Å²) in [5, 5.41) is 3.83. The van der Waals surface area contributed by atoms with E-state index in [4.69, 9.17) is 0 Å². The largest absolute Gasteiger partial charge is 0.343 e. The Morgan fingerprint density at radius 1 is 1.19 bits per heavy atom. The summed E-state index contributed by atoms with van der Waals surface area (Å²) in [5.74, 6) is -1.97. The highest BCUT2D eigenvalue weighted by molar-refractivity contribution is 7.15. The molecule has 160 valence electrons. The molecule has 1 aliphatic carbocycles. The number of nitrogens with zero attached hydrogens (tertiary/aromatic N) is 3. The summed E-state index contributed by atoms with van der Waals surface area (Å²) >= 11 is 3.04. The summed E-state index contributed by atoms with van der Waals surface area (Å²) in [4.78, 5) is 26.4. The number of halogens is 2. The van der Waals surface area contributed by atoms with Gasteiger partial charge < -0.3 is 10.2 Å². The van der Waals surface area contributed by atoms with Crippen LogP contribution in [0.4, 0.5) is 19.6 Å². The van der Waals surface area contributed by atoms with Crippen molar-refractivity contribution in [3.05, 3.63) is 62.1 Å². The topological polar surface area (TPSA) is 58.1 Å². The van der Waals surface area contributed by atoms with Crippen LogP contribution in [0.3, 0.4) is 0 Å². The summed E-state index contributed by atoms with van der Waals surface area (Å²) in [7, 11) is 0. The number of aromatic nitrogens is 2. The van der Waals surface area contributed by atoms with E-state index in [2.05, 4.69) is 27.1 Å². The zero-order valence-corrected chi connectivity index (χ0v) is 18.5. The Kier molecular flexibility index (Phi) is 5.31. The van der Waals surface area contributed by atoms with Crippen LogP contribution in [0.1, 0.15) is 44.5 Å². The number of hydrogen-bond donors (Lipinski definition) is 1. The molecule has 5 rings (SSSR count). The van der Waals surface area contributed by atoms with Crippen molar-refractivity contribution in [2.24, 2.45) is 0 Å². The highest BCUT2D eigenvalue weighted by Crippen LogP contribution is 2.40. The lowest BCUT2D eigenvalue weighted by molar-refractivity contribution is 0.102. The number of hydrogen-bond acceptors (Lipinski definition) is 6. The molecule has 31 heavy (non-hydrogen) atoms. The van der Waals surface area contributed by atoms with Crippen LogP contribution >= 0.6 is 22.7 Å². The van der Waals surface area contributed by atoms with Crippen molar-refractivity contribution in [3.63, 3.8) is 0 Å². The van der Waals surface area contributed by atoms with E-state index in [0.29, 0.717) is 5.01 Å². The van der Waals surface area contributed by atoms with Crippen molar-refractivity contribution in [2.75, 3.05) is 23.3 Å². The van der Waals surface area contributed by atoms with Crippen LogP contribution in [0.25, 0.3) is 5.57 Å². The van der Waals surface area contributed by atoms with Gasteiger partial charge in [0.1, 0.15) is 11.6 Å². The SMILES string of the molecule is Cc1cnc(N2CCC3=C(C2)c2sc(C(=O)Nc4ccc(F)cc4F)nc2CCC3)s1. The molecule has 2 aromatic heterocycles. The fraction of sp³-hybridized carbons (Fsp3) is 0.318. The fourth-order valence-corrected chi connectivity index (χ4v) is 5.93. The Hall–Kier alpha value is -2.65. The van der Waals surface area contributed by atoms with E-state index in [1.807, 2.05) is 6.20 Å². The van der Waals surface area contributed by atoms with E-state index in [1.54, 1.807) is 11.3 Å². The molecule has 1 aromatic carbocycles. The van der Waals surface area contributed by atoms with Crippen LogP contribution in [0, 0.1) is 18.6 Å². The van der Waals surface area contributed by atoms with Crippen molar-refractivity contribution in [2.45, 2.75) is 32.6 Å². The Labute approximate surface area is 186 Å². The maximum atomic E-state index is 13.9. The van der Waals surface area contributed by atoms with Crippen LogP contribution in [0.15, 0.2) is 30.0 Å². The lowest BCUT2D eigenvalue weighted by Crippen LogP contribution is -2.30. The second-order valence-corrected chi connectivity index (χ2v) is 9.95. The van der Waals surface area contributed by atoms with E-state index in [1.165, 1.54) is 33.4 Å². The van der Waals surface area contributed by atoms with Crippen LogP contribution in [-0.4, -0.2) is 29.0 Å². The minimum absolute atomic E-state index is 0.0559. The zero-order chi connectivity index (χ0) is 21.5. The third-order valence-corrected chi connectivity index (χ3v) is 7.71. The summed E-state index contributed by atoms with van der Waals surface area (Å²) < 4.78 is 27.1. The molecule has 0 spiro atoms. The van der Waals surface area contributed by atoms with Gasteiger partial charge in [0, 0.05) is 30.2 Å². The van der Waals surface area contributed by atoms with Crippen LogP contribution < -0.4 is 10.2 Å². The van der Waals surface area contributed by atoms with Gasteiger partial charge in [-0.25, -0.2) is 18.7 Å². The van der Waals surface area contributed by atoms with Crippen molar-refractivity contribution in [1.82, 2.24) is 9.97 Å². The number of carbonyl (C=O) groups is 1. The van der Waals surface area contributed by atoms with E-state index in [0.717, 1.165) is 66.6 Å². The lowest BCUT2D eigenvalue weighted by atomic mass is 9.97. The normalized spacial score (nSPS) is 16.0. The number of amides is 1. The molecule has 5 nitrogen and oxygen atoms in total. The molecule has 3 heterocycles. The van der Waals surface area contributed by atoms with E-state index < -0.39 is 17.5 Å². The highest BCUT2D eigenvalue weighted by atomic mass is 32.1. The second kappa shape index (κ2) is 8.12. The number of nitrogens with one attached hydrogen (secondary N) is 1. The standard InChI is InChI=1S/C22H20F2N4OS2/c1-12-10-25-22(30-12)28-8-7-13-3-2-4-18-19(15(13)11-28)31-21(27-18)20(29)26-17-6-5-14(23)9-16(17)24/h5-6,9-10H,2-4,7-8,11H2,1H3,(H,26,29). The molecule has 1 N–H and O–H groups in total. The Morgan fingerprint density at radius 2 is 2.06 bits per heavy atom. The average Bonchev–Trinajstić information content (AvgIpc) is 3.33. The molecule has 9 heteroatoms. The minimum atomic E-state index is -0.807. The number of thiazole rings is 2. The van der Waals surface area contributed by atoms with Gasteiger partial charge >= 0.3 is 0 Å². The zero-order valence-electron chi connectivity index (χ0n) is 16.9. The van der Waals surface area contributed by atoms with Crippen molar-refractivity contribution in [3.8, 4) is 0 Å². The Morgan fingerprint density at radius 3 is 2.84 bits per heavy atom. The number of anilines is 2. The first kappa shape index (κ1) is 20.3. The number of aryl methyl sites for hydroxylation is 2. The summed E-state index contributed by atoms with van der Waals surface area (Å²) in [5.41, 5.74) is 3.55. The van der Waals surface area contributed by atoms with Gasteiger partial charge in [0.2, 0.25) is 0 Å². The molecule has 2 aliphatic rings. The first-order valence-corrected chi connectivity index (χ1v) is 11.8. The van der Waals surface area contributed by atoms with Crippen LogP contribution in [-0.2, 0) is 6.42 Å². The van der Waals surface area contributed by atoms with Gasteiger partial charge in [-0.05, 0) is 50.3 Å². The average molecular weight is 459 g/mol. The van der Waals surface area contributed by atoms with E-state index in [-0.39, 0.29) is 5.69 Å². The third kappa shape index (κ3) is 3.99. The molecule has 1 aliphatic heterocycles. The molecule has 0 atom stereocenters. The summed E-state index contributed by atoms with van der Waals surface area (Å²) in [6.07, 6.45) is 5.73. The first-order chi connectivity index (χ1) is 15.0. The fourth-order valence-electron chi connectivity index (χ4n) is 4.05. The van der Waals surface area contributed by atoms with Gasteiger partial charge in [0.15, 0.2) is 10.1 Å². The molecule has 0 radical (unpaired) electrons. The second-order valence-electron chi connectivity index (χ2n) is 7.73. The Bertz CT molecular complexity index is 1200. The van der Waals surface area contributed by atoms with Gasteiger partial charge in [-0.2, -0.15) is 0 Å². The lowest BCUT2D eigenvalue weighted by Gasteiger charge is -2.30. The smallest absolute Gasteiger partial charge is 0.284 e. The van der Waals surface area contributed by atoms with Crippen molar-refractivity contribution in [1.29, 1.82) is 0 Å². The van der Waals surface area contributed by atoms with Gasteiger partial charge in [-0.3, -0.25) is 4.79 Å². The van der Waals surface area contributed by atoms with Crippen molar-refractivity contribution < 1.29 is 13.6 Å². The maximum Gasteiger partial charge on any atom is 0.284 e. The number of benzene rings is 1. The van der Waals surface area contributed by atoms with Gasteiger partial charge in [-0.15, -0.1) is 22.7 Å². The molecular formula is C22H20F2N4OS2. The first-order valence-electron chi connectivity index (χ1n) is 10.1. The molecular weight excluding hydrogens is 438 g/mol. The molecule has 0 fully saturated rings. The quantitative estimate of drug-likeness (QED) is 0.568. The van der Waals surface area contributed by atoms with Gasteiger partial charge in [0.25, 0.3) is 5.91 Å². The van der Waals surface area contributed by atoms with E-state index >= 15 is 0 Å². The third-order valence-electron chi connectivity index (χ3n) is 5.58. The monoisotopic (exact) mass is 458 g/mol. The van der Waals surface area contributed by atoms with Crippen molar-refractivity contribution >= 4 is 45.0 Å². The number of fused-ring (bicyclic) bond motifs is 2. The maximum absolute atomic E-state index is 13.9. The summed E-state index contributed by atoms with van der Waals surface area (Å²) in [6.45, 7) is 3.75.